The Balaban J connectivity index is 2.62. The summed E-state index contributed by atoms with van der Waals surface area (Å²) in [6.45, 7) is 8.36. The molecule has 0 aliphatic heterocycles. The van der Waals surface area contributed by atoms with E-state index in [0.29, 0.717) is 0 Å². The Kier molecular flexibility index (Phi) is 2.65. The molecule has 1 nitrogen and oxygen atoms in total. The highest BCUT2D eigenvalue weighted by atomic mass is 16.1. The van der Waals surface area contributed by atoms with Crippen molar-refractivity contribution in [3.8, 4) is 0 Å². The third-order valence-corrected chi connectivity index (χ3v) is 3.94. The molecule has 0 spiro atoms. The average molecular weight is 216 g/mol. The maximum atomic E-state index is 11.5. The van der Waals surface area contributed by atoms with Crippen LogP contribution in [0.1, 0.15) is 60.7 Å². The first-order valence-electron chi connectivity index (χ1n) is 6.07. The molecule has 2 rings (SSSR count). The predicted octanol–water partition coefficient (Wildman–Crippen LogP) is 3.81. The summed E-state index contributed by atoms with van der Waals surface area (Å²) in [6.07, 6.45) is 3.62. The van der Waals surface area contributed by atoms with Crippen molar-refractivity contribution < 1.29 is 4.79 Å². The predicted molar refractivity (Wildman–Crippen MR) is 67.1 cm³/mol. The Morgan fingerprint density at radius 3 is 2.62 bits per heavy atom. The lowest BCUT2D eigenvalue weighted by molar-refractivity contribution is 0.101. The van der Waals surface area contributed by atoms with Crippen LogP contribution in [0.2, 0.25) is 0 Å². The van der Waals surface area contributed by atoms with Gasteiger partial charge in [0.05, 0.1) is 0 Å². The van der Waals surface area contributed by atoms with Crippen molar-refractivity contribution in [1.29, 1.82) is 0 Å². The fourth-order valence-corrected chi connectivity index (χ4v) is 2.94. The zero-order valence-electron chi connectivity index (χ0n) is 10.7. The molecule has 1 aromatic carbocycles. The van der Waals surface area contributed by atoms with Crippen LogP contribution in [-0.4, -0.2) is 5.78 Å². The maximum Gasteiger partial charge on any atom is 0.160 e. The lowest BCUT2D eigenvalue weighted by atomic mass is 9.71. The number of ketones is 1. The molecule has 0 unspecified atom stereocenters. The van der Waals surface area contributed by atoms with E-state index in [4.69, 9.17) is 0 Å². The standard InChI is InChI=1S/C15H20O/c1-10-12(11(2)16)7-8-14-13(10)6-5-9-15(14,3)4/h7-8H,5-6,9H2,1-4H3. The molecule has 1 aliphatic rings. The Morgan fingerprint density at radius 2 is 2.00 bits per heavy atom. The second kappa shape index (κ2) is 3.73. The van der Waals surface area contributed by atoms with Crippen molar-refractivity contribution in [2.24, 2.45) is 0 Å². The van der Waals surface area contributed by atoms with Gasteiger partial charge in [0, 0.05) is 5.56 Å². The Labute approximate surface area is 97.9 Å². The van der Waals surface area contributed by atoms with Gasteiger partial charge in [0.2, 0.25) is 0 Å². The van der Waals surface area contributed by atoms with Crippen LogP contribution in [0.15, 0.2) is 12.1 Å². The van der Waals surface area contributed by atoms with Crippen molar-refractivity contribution in [1.82, 2.24) is 0 Å². The minimum absolute atomic E-state index is 0.184. The Bertz CT molecular complexity index is 441. The van der Waals surface area contributed by atoms with Crippen LogP contribution < -0.4 is 0 Å². The van der Waals surface area contributed by atoms with Crippen LogP contribution >= 0.6 is 0 Å². The lowest BCUT2D eigenvalue weighted by Crippen LogP contribution is -2.25. The summed E-state index contributed by atoms with van der Waals surface area (Å²) < 4.78 is 0. The second-order valence-electron chi connectivity index (χ2n) is 5.56. The van der Waals surface area contributed by atoms with Crippen LogP contribution in [0.25, 0.3) is 0 Å². The van der Waals surface area contributed by atoms with E-state index in [-0.39, 0.29) is 11.2 Å². The molecular weight excluding hydrogens is 196 g/mol. The van der Waals surface area contributed by atoms with Gasteiger partial charge in [-0.3, -0.25) is 4.79 Å². The SMILES string of the molecule is CC(=O)c1ccc2c(c1C)CCCC2(C)C. The van der Waals surface area contributed by atoms with Crippen molar-refractivity contribution in [3.63, 3.8) is 0 Å². The van der Waals surface area contributed by atoms with E-state index in [0.717, 1.165) is 12.0 Å². The van der Waals surface area contributed by atoms with Crippen LogP contribution in [0.4, 0.5) is 0 Å². The molecule has 0 saturated heterocycles. The van der Waals surface area contributed by atoms with Crippen molar-refractivity contribution in [2.75, 3.05) is 0 Å². The highest BCUT2D eigenvalue weighted by Crippen LogP contribution is 2.38. The summed E-state index contributed by atoms with van der Waals surface area (Å²) in [7, 11) is 0. The van der Waals surface area contributed by atoms with E-state index in [2.05, 4.69) is 26.8 Å². The van der Waals surface area contributed by atoms with E-state index >= 15 is 0 Å². The molecule has 0 atom stereocenters. The maximum absolute atomic E-state index is 11.5. The van der Waals surface area contributed by atoms with E-state index in [1.54, 1.807) is 6.92 Å². The summed E-state index contributed by atoms with van der Waals surface area (Å²) in [4.78, 5) is 11.5. The van der Waals surface area contributed by atoms with Gasteiger partial charge in [-0.1, -0.05) is 26.0 Å². The zero-order chi connectivity index (χ0) is 11.9. The summed E-state index contributed by atoms with van der Waals surface area (Å²) in [5.74, 6) is 0.184. The molecule has 0 amide bonds. The van der Waals surface area contributed by atoms with Gasteiger partial charge in [-0.05, 0) is 55.2 Å². The molecule has 1 aromatic rings. The number of hydrogen-bond acceptors (Lipinski definition) is 1. The topological polar surface area (TPSA) is 17.1 Å². The molecule has 0 fully saturated rings. The second-order valence-corrected chi connectivity index (χ2v) is 5.56. The van der Waals surface area contributed by atoms with Gasteiger partial charge in [-0.25, -0.2) is 0 Å². The first-order chi connectivity index (χ1) is 7.43. The zero-order valence-corrected chi connectivity index (χ0v) is 10.7. The highest BCUT2D eigenvalue weighted by molar-refractivity contribution is 5.96. The normalized spacial score (nSPS) is 18.0. The van der Waals surface area contributed by atoms with E-state index in [1.807, 2.05) is 6.07 Å². The van der Waals surface area contributed by atoms with Crippen LogP contribution in [0.5, 0.6) is 0 Å². The molecule has 1 aliphatic carbocycles. The number of Topliss-reactive ketones (excluding diaryl/α,β-unsaturated/α-hetero) is 1. The van der Waals surface area contributed by atoms with Crippen LogP contribution in [0, 0.1) is 6.92 Å². The van der Waals surface area contributed by atoms with E-state index in [9.17, 15) is 4.79 Å². The van der Waals surface area contributed by atoms with E-state index < -0.39 is 0 Å². The minimum Gasteiger partial charge on any atom is -0.295 e. The first-order valence-corrected chi connectivity index (χ1v) is 6.07. The number of carbonyl (C=O) groups is 1. The number of hydrogen-bond donors (Lipinski definition) is 0. The third-order valence-electron chi connectivity index (χ3n) is 3.94. The lowest BCUT2D eigenvalue weighted by Gasteiger charge is -2.34. The molecule has 1 heteroatoms. The monoisotopic (exact) mass is 216 g/mol. The van der Waals surface area contributed by atoms with E-state index in [1.165, 1.54) is 29.5 Å². The third kappa shape index (κ3) is 1.68. The van der Waals surface area contributed by atoms with Gasteiger partial charge >= 0.3 is 0 Å². The Morgan fingerprint density at radius 1 is 1.31 bits per heavy atom. The fourth-order valence-electron chi connectivity index (χ4n) is 2.94. The van der Waals surface area contributed by atoms with Gasteiger partial charge in [-0.15, -0.1) is 0 Å². The largest absolute Gasteiger partial charge is 0.295 e. The van der Waals surface area contributed by atoms with Crippen LogP contribution in [-0.2, 0) is 11.8 Å². The van der Waals surface area contributed by atoms with Gasteiger partial charge in [-0.2, -0.15) is 0 Å². The molecule has 0 heterocycles. The summed E-state index contributed by atoms with van der Waals surface area (Å²) in [6, 6.07) is 4.17. The molecule has 0 bridgehead atoms. The minimum atomic E-state index is 0.184. The smallest absolute Gasteiger partial charge is 0.160 e. The number of benzene rings is 1. The highest BCUT2D eigenvalue weighted by Gasteiger charge is 2.28. The average Bonchev–Trinajstić information content (AvgIpc) is 2.18. The quantitative estimate of drug-likeness (QED) is 0.652. The molecule has 0 aromatic heterocycles. The number of fused-ring (bicyclic) bond motifs is 1. The van der Waals surface area contributed by atoms with Gasteiger partial charge < -0.3 is 0 Å². The Hall–Kier alpha value is -1.11. The molecule has 16 heavy (non-hydrogen) atoms. The molecule has 0 saturated carbocycles. The summed E-state index contributed by atoms with van der Waals surface area (Å²) in [5.41, 5.74) is 5.24. The van der Waals surface area contributed by atoms with Gasteiger partial charge in [0.1, 0.15) is 0 Å². The molecule has 0 radical (unpaired) electrons. The molecular formula is C15H20O. The first kappa shape index (κ1) is 11.4. The van der Waals surface area contributed by atoms with Crippen molar-refractivity contribution in [3.05, 3.63) is 34.4 Å². The van der Waals surface area contributed by atoms with Crippen molar-refractivity contribution >= 4 is 5.78 Å². The van der Waals surface area contributed by atoms with Crippen LogP contribution in [0.3, 0.4) is 0 Å². The molecule has 0 N–H and O–H groups in total. The summed E-state index contributed by atoms with van der Waals surface area (Å²) in [5, 5.41) is 0. The summed E-state index contributed by atoms with van der Waals surface area (Å²) >= 11 is 0. The van der Waals surface area contributed by atoms with Gasteiger partial charge in [0.15, 0.2) is 5.78 Å². The van der Waals surface area contributed by atoms with Crippen molar-refractivity contribution in [2.45, 2.75) is 52.4 Å². The van der Waals surface area contributed by atoms with Gasteiger partial charge in [0.25, 0.3) is 0 Å². The fraction of sp³-hybridized carbons (Fsp3) is 0.533. The number of rotatable bonds is 1. The molecule has 86 valence electrons. The number of carbonyl (C=O) groups excluding carboxylic acids is 1.